The lowest BCUT2D eigenvalue weighted by Crippen LogP contribution is -2.79. The van der Waals surface area contributed by atoms with E-state index in [1.807, 2.05) is 20.9 Å². The highest BCUT2D eigenvalue weighted by molar-refractivity contribution is 5.77. The minimum Gasteiger partial charge on any atom is -0.387 e. The van der Waals surface area contributed by atoms with Crippen molar-refractivity contribution in [3.63, 3.8) is 0 Å². The number of hydrogen-bond acceptors (Lipinski definition) is 3. The van der Waals surface area contributed by atoms with E-state index in [4.69, 9.17) is 0 Å². The number of carbonyl (C=O) groups excluding carboxylic acids is 2. The van der Waals surface area contributed by atoms with Crippen molar-refractivity contribution in [3.8, 4) is 0 Å². The third-order valence-corrected chi connectivity index (χ3v) is 8.07. The molecule has 2 atom stereocenters. The second-order valence-corrected chi connectivity index (χ2v) is 13.6. The minimum absolute atomic E-state index is 0.0583. The molecule has 0 fully saturated rings. The fraction of sp³-hybridized carbons (Fsp3) is 0.886. The van der Waals surface area contributed by atoms with E-state index in [1.54, 1.807) is 0 Å². The molecule has 0 aromatic heterocycles. The maximum absolute atomic E-state index is 12.0. The van der Waals surface area contributed by atoms with Crippen molar-refractivity contribution in [2.24, 2.45) is 23.2 Å². The largest absolute Gasteiger partial charge is 0.387 e. The van der Waals surface area contributed by atoms with Crippen LogP contribution >= 0.6 is 0 Å². The molecule has 0 aliphatic heterocycles. The van der Waals surface area contributed by atoms with Crippen molar-refractivity contribution in [1.29, 1.82) is 0 Å². The molecule has 0 rings (SSSR count). The summed E-state index contributed by atoms with van der Waals surface area (Å²) in [7, 11) is 6.30. The normalized spacial score (nSPS) is 13.2. The first-order valence-corrected chi connectivity index (χ1v) is 17.1. The van der Waals surface area contributed by atoms with Crippen molar-refractivity contribution in [3.05, 3.63) is 12.2 Å². The number of aliphatic hydroxyl groups is 1. The van der Waals surface area contributed by atoms with Crippen LogP contribution in [0.3, 0.4) is 0 Å². The number of hydrogen-bond donors (Lipinski definition) is 4. The van der Waals surface area contributed by atoms with Crippen LogP contribution in [-0.2, 0) is 9.59 Å². The molecule has 0 aromatic rings. The Balaban J connectivity index is -0.00000117. The molecule has 0 aliphatic carbocycles. The Morgan fingerprint density at radius 1 is 0.905 bits per heavy atom. The molecule has 7 nitrogen and oxygen atoms in total. The standard InChI is InChI=1S/C24H50N4O3.C9H18.C2H6/c1-20(2)24(3,4)18-21(29)19-28(6,7)17-11-16-27-23(31)13-9-8-12-22(30)26-15-10-14-25-5;1-5-6-7-9(4)8(2)3;1-2/h20-21,25,29H,8-19H2,1-7H3,(H-,26,27,30,31);6-9H,5H2,1-4H3;1-2H3/p+2. The van der Waals surface area contributed by atoms with Crippen molar-refractivity contribution in [2.45, 2.75) is 127 Å². The van der Waals surface area contributed by atoms with Crippen molar-refractivity contribution >= 4 is 11.8 Å². The van der Waals surface area contributed by atoms with Gasteiger partial charge in [0.05, 0.1) is 34.2 Å². The van der Waals surface area contributed by atoms with Crippen molar-refractivity contribution < 1.29 is 24.5 Å². The number of rotatable bonds is 21. The lowest BCUT2D eigenvalue weighted by Gasteiger charge is -2.36. The van der Waals surface area contributed by atoms with Gasteiger partial charge in [0.25, 0.3) is 0 Å². The number of likely N-dealkylation sites (N-methyl/N-ethyl adjacent to an activating group) is 1. The molecule has 0 bridgehead atoms. The van der Waals surface area contributed by atoms with Gasteiger partial charge in [0.1, 0.15) is 12.6 Å². The van der Waals surface area contributed by atoms with E-state index in [0.29, 0.717) is 25.3 Å². The summed E-state index contributed by atoms with van der Waals surface area (Å²) in [5.41, 5.74) is 0.127. The van der Waals surface area contributed by atoms with E-state index in [-0.39, 0.29) is 23.3 Å². The van der Waals surface area contributed by atoms with Crippen LogP contribution in [0.4, 0.5) is 0 Å². The van der Waals surface area contributed by atoms with E-state index in [2.05, 4.69) is 97.6 Å². The average molecular weight is 601 g/mol. The Labute approximate surface area is 262 Å². The van der Waals surface area contributed by atoms with Gasteiger partial charge in [-0.3, -0.25) is 9.59 Å². The van der Waals surface area contributed by atoms with Gasteiger partial charge in [-0.1, -0.05) is 81.4 Å². The molecular formula is C35H76N4O3+2. The zero-order valence-corrected chi connectivity index (χ0v) is 30.4. The van der Waals surface area contributed by atoms with Gasteiger partial charge < -0.3 is 25.5 Å². The molecule has 2 amide bonds. The van der Waals surface area contributed by atoms with Gasteiger partial charge in [-0.15, -0.1) is 0 Å². The van der Waals surface area contributed by atoms with E-state index < -0.39 is 0 Å². The maximum atomic E-state index is 12.0. The van der Waals surface area contributed by atoms with Crippen LogP contribution in [0.1, 0.15) is 121 Å². The van der Waals surface area contributed by atoms with Crippen LogP contribution < -0.4 is 16.0 Å². The predicted octanol–water partition coefficient (Wildman–Crippen LogP) is 5.53. The molecule has 0 saturated heterocycles. The molecule has 252 valence electrons. The molecule has 0 aliphatic rings. The van der Waals surface area contributed by atoms with E-state index >= 15 is 0 Å². The number of nitrogens with one attached hydrogen (secondary N) is 2. The minimum atomic E-state index is -0.316. The SMILES string of the molecule is CC.CCC=CC(C)C(C)C.C[NH2+]CCCNC(=O)CCCCC(=O)NCCC[N+](C)(C)CC(O)CC(C)(C)C(C)C. The van der Waals surface area contributed by atoms with Gasteiger partial charge in [0.15, 0.2) is 0 Å². The summed E-state index contributed by atoms with van der Waals surface area (Å²) >= 11 is 0. The highest BCUT2D eigenvalue weighted by Gasteiger charge is 2.29. The number of amides is 2. The number of nitrogens with two attached hydrogens (primary N) is 1. The van der Waals surface area contributed by atoms with E-state index in [9.17, 15) is 14.7 Å². The Bertz CT molecular complexity index is 675. The summed E-state index contributed by atoms with van der Waals surface area (Å²) in [4.78, 5) is 23.7. The molecule has 2 unspecified atom stereocenters. The zero-order chi connectivity index (χ0) is 33.2. The molecule has 0 heterocycles. The lowest BCUT2D eigenvalue weighted by molar-refractivity contribution is -0.893. The molecular weight excluding hydrogens is 524 g/mol. The number of quaternary nitrogens is 2. The smallest absolute Gasteiger partial charge is 0.219 e. The Morgan fingerprint density at radius 2 is 1.40 bits per heavy atom. The summed E-state index contributed by atoms with van der Waals surface area (Å²) in [6, 6.07) is 0. The van der Waals surface area contributed by atoms with Gasteiger partial charge in [-0.05, 0) is 48.9 Å². The zero-order valence-electron chi connectivity index (χ0n) is 30.4. The quantitative estimate of drug-likeness (QED) is 0.0792. The summed E-state index contributed by atoms with van der Waals surface area (Å²) < 4.78 is 0.747. The van der Waals surface area contributed by atoms with Crippen LogP contribution in [0.25, 0.3) is 0 Å². The number of nitrogens with zero attached hydrogens (tertiary/aromatic N) is 1. The van der Waals surface area contributed by atoms with Crippen LogP contribution in [0.2, 0.25) is 0 Å². The Hall–Kier alpha value is -1.44. The number of aliphatic hydroxyl groups excluding tert-OH is 1. The topological polar surface area (TPSA) is 95.0 Å². The second-order valence-electron chi connectivity index (χ2n) is 13.6. The summed E-state index contributed by atoms with van der Waals surface area (Å²) in [6.45, 7) is 25.8. The van der Waals surface area contributed by atoms with Gasteiger partial charge in [0, 0.05) is 38.8 Å². The highest BCUT2D eigenvalue weighted by Crippen LogP contribution is 2.31. The Kier molecular flexibility index (Phi) is 29.1. The molecule has 7 heteroatoms. The molecule has 5 N–H and O–H groups in total. The van der Waals surface area contributed by atoms with Crippen LogP contribution in [-0.4, -0.2) is 81.4 Å². The first kappa shape index (κ1) is 45.0. The van der Waals surface area contributed by atoms with Gasteiger partial charge in [-0.2, -0.15) is 0 Å². The number of unbranched alkanes of at least 4 members (excludes halogenated alkanes) is 1. The third kappa shape index (κ3) is 28.7. The first-order valence-electron chi connectivity index (χ1n) is 17.1. The lowest BCUT2D eigenvalue weighted by atomic mass is 9.76. The fourth-order valence-corrected chi connectivity index (χ4v) is 4.16. The van der Waals surface area contributed by atoms with Crippen LogP contribution in [0, 0.1) is 23.2 Å². The van der Waals surface area contributed by atoms with Gasteiger partial charge in [-0.25, -0.2) is 0 Å². The first-order chi connectivity index (χ1) is 19.6. The van der Waals surface area contributed by atoms with Crippen LogP contribution in [0.5, 0.6) is 0 Å². The maximum Gasteiger partial charge on any atom is 0.219 e. The summed E-state index contributed by atoms with van der Waals surface area (Å²) in [5, 5.41) is 18.5. The fourth-order valence-electron chi connectivity index (χ4n) is 4.16. The number of carbonyl (C=O) groups is 2. The molecule has 0 saturated carbocycles. The van der Waals surface area contributed by atoms with Gasteiger partial charge in [0.2, 0.25) is 11.8 Å². The second kappa shape index (κ2) is 27.1. The Morgan fingerprint density at radius 3 is 1.83 bits per heavy atom. The predicted molar refractivity (Wildman–Crippen MR) is 182 cm³/mol. The molecule has 0 radical (unpaired) electrons. The highest BCUT2D eigenvalue weighted by atomic mass is 16.3. The molecule has 0 aromatic carbocycles. The van der Waals surface area contributed by atoms with Crippen molar-refractivity contribution in [2.75, 3.05) is 53.9 Å². The summed E-state index contributed by atoms with van der Waals surface area (Å²) in [6.07, 6.45) is 10.5. The molecule has 42 heavy (non-hydrogen) atoms. The monoisotopic (exact) mass is 601 g/mol. The number of allylic oxidation sites excluding steroid dienone is 2. The third-order valence-electron chi connectivity index (χ3n) is 8.07. The van der Waals surface area contributed by atoms with E-state index in [1.165, 1.54) is 0 Å². The molecule has 0 spiro atoms. The van der Waals surface area contributed by atoms with Crippen LogP contribution in [0.15, 0.2) is 12.2 Å². The average Bonchev–Trinajstić information content (AvgIpc) is 2.90. The summed E-state index contributed by atoms with van der Waals surface area (Å²) in [5.74, 6) is 2.20. The van der Waals surface area contributed by atoms with Gasteiger partial charge >= 0.3 is 0 Å². The van der Waals surface area contributed by atoms with E-state index in [0.717, 1.165) is 81.0 Å². The van der Waals surface area contributed by atoms with Crippen molar-refractivity contribution in [1.82, 2.24) is 10.6 Å².